The average Bonchev–Trinajstić information content (AvgIpc) is 3.11. The fourth-order valence-corrected chi connectivity index (χ4v) is 2.40. The molecule has 0 saturated heterocycles. The quantitative estimate of drug-likeness (QED) is 0.760. The summed E-state index contributed by atoms with van der Waals surface area (Å²) >= 11 is 1.61. The molecule has 0 unspecified atom stereocenters. The topological polar surface area (TPSA) is 80.5 Å². The van der Waals surface area contributed by atoms with Crippen LogP contribution in [0.3, 0.4) is 0 Å². The predicted octanol–water partition coefficient (Wildman–Crippen LogP) is 1.98. The molecule has 19 heavy (non-hydrogen) atoms. The SMILES string of the molecule is NCc1ccc(-c2n[nH]c(Cc3nccs3)n2)cc1. The zero-order chi connectivity index (χ0) is 13.1. The highest BCUT2D eigenvalue weighted by atomic mass is 32.1. The fraction of sp³-hybridized carbons (Fsp3) is 0.154. The van der Waals surface area contributed by atoms with Gasteiger partial charge in [-0.1, -0.05) is 24.3 Å². The Balaban J connectivity index is 1.80. The maximum atomic E-state index is 5.58. The molecule has 2 aromatic heterocycles. The van der Waals surface area contributed by atoms with Crippen LogP contribution in [0.2, 0.25) is 0 Å². The van der Waals surface area contributed by atoms with Crippen molar-refractivity contribution in [2.45, 2.75) is 13.0 Å². The number of hydrogen-bond acceptors (Lipinski definition) is 5. The third kappa shape index (κ3) is 2.69. The lowest BCUT2D eigenvalue weighted by molar-refractivity contribution is 0.963. The minimum absolute atomic E-state index is 0.545. The van der Waals surface area contributed by atoms with E-state index in [1.165, 1.54) is 0 Å². The molecule has 3 rings (SSSR count). The van der Waals surface area contributed by atoms with Gasteiger partial charge in [0.1, 0.15) is 10.8 Å². The standard InChI is InChI=1S/C13H13N5S/c14-8-9-1-3-10(4-2-9)13-16-11(17-18-13)7-12-15-5-6-19-12/h1-6H,7-8,14H2,(H,16,17,18). The van der Waals surface area contributed by atoms with Crippen molar-refractivity contribution >= 4 is 11.3 Å². The van der Waals surface area contributed by atoms with Crippen LogP contribution in [0.25, 0.3) is 11.4 Å². The summed E-state index contributed by atoms with van der Waals surface area (Å²) in [4.78, 5) is 8.71. The number of H-pyrrole nitrogens is 1. The molecule has 0 aliphatic rings. The lowest BCUT2D eigenvalue weighted by Crippen LogP contribution is -1.95. The first kappa shape index (κ1) is 12.0. The normalized spacial score (nSPS) is 10.8. The molecule has 0 radical (unpaired) electrons. The zero-order valence-electron chi connectivity index (χ0n) is 10.2. The molecule has 3 N–H and O–H groups in total. The van der Waals surface area contributed by atoms with Gasteiger partial charge in [-0.15, -0.1) is 11.3 Å². The third-order valence-corrected chi connectivity index (χ3v) is 3.56. The Bertz CT molecular complexity index is 642. The maximum Gasteiger partial charge on any atom is 0.181 e. The molecular formula is C13H13N5S. The van der Waals surface area contributed by atoms with E-state index in [1.807, 2.05) is 29.6 Å². The monoisotopic (exact) mass is 271 g/mol. The van der Waals surface area contributed by atoms with Gasteiger partial charge in [-0.05, 0) is 5.56 Å². The van der Waals surface area contributed by atoms with Gasteiger partial charge in [-0.25, -0.2) is 9.97 Å². The van der Waals surface area contributed by atoms with Gasteiger partial charge in [0.2, 0.25) is 0 Å². The molecule has 6 heteroatoms. The lowest BCUT2D eigenvalue weighted by Gasteiger charge is -1.97. The number of benzene rings is 1. The van der Waals surface area contributed by atoms with Crippen LogP contribution in [-0.4, -0.2) is 20.2 Å². The summed E-state index contributed by atoms with van der Waals surface area (Å²) in [6.45, 7) is 0.545. The Morgan fingerprint density at radius 3 is 2.74 bits per heavy atom. The van der Waals surface area contributed by atoms with Crippen LogP contribution in [0.1, 0.15) is 16.4 Å². The van der Waals surface area contributed by atoms with E-state index in [0.29, 0.717) is 18.8 Å². The summed E-state index contributed by atoms with van der Waals surface area (Å²) in [6, 6.07) is 7.95. The van der Waals surface area contributed by atoms with E-state index in [9.17, 15) is 0 Å². The summed E-state index contributed by atoms with van der Waals surface area (Å²) < 4.78 is 0. The molecule has 1 aromatic carbocycles. The summed E-state index contributed by atoms with van der Waals surface area (Å²) in [7, 11) is 0. The summed E-state index contributed by atoms with van der Waals surface area (Å²) in [5.74, 6) is 1.53. The van der Waals surface area contributed by atoms with Gasteiger partial charge >= 0.3 is 0 Å². The molecule has 0 aliphatic heterocycles. The third-order valence-electron chi connectivity index (χ3n) is 2.78. The zero-order valence-corrected chi connectivity index (χ0v) is 11.0. The molecule has 0 atom stereocenters. The van der Waals surface area contributed by atoms with Crippen LogP contribution in [-0.2, 0) is 13.0 Å². The van der Waals surface area contributed by atoms with Crippen LogP contribution in [0.15, 0.2) is 35.8 Å². The van der Waals surface area contributed by atoms with Crippen molar-refractivity contribution in [3.8, 4) is 11.4 Å². The Kier molecular flexibility index (Phi) is 3.35. The lowest BCUT2D eigenvalue weighted by atomic mass is 10.1. The summed E-state index contributed by atoms with van der Waals surface area (Å²) in [5.41, 5.74) is 7.66. The summed E-state index contributed by atoms with van der Waals surface area (Å²) in [6.07, 6.45) is 2.48. The second-order valence-corrected chi connectivity index (χ2v) is 5.09. The molecule has 0 bridgehead atoms. The van der Waals surface area contributed by atoms with Crippen molar-refractivity contribution in [2.24, 2.45) is 5.73 Å². The first-order valence-corrected chi connectivity index (χ1v) is 6.82. The van der Waals surface area contributed by atoms with Crippen LogP contribution in [0.5, 0.6) is 0 Å². The van der Waals surface area contributed by atoms with E-state index in [4.69, 9.17) is 5.73 Å². The van der Waals surface area contributed by atoms with Gasteiger partial charge in [-0.3, -0.25) is 5.10 Å². The highest BCUT2D eigenvalue weighted by molar-refractivity contribution is 7.09. The molecule has 2 heterocycles. The smallest absolute Gasteiger partial charge is 0.181 e. The van der Waals surface area contributed by atoms with Crippen molar-refractivity contribution in [1.29, 1.82) is 0 Å². The van der Waals surface area contributed by atoms with E-state index < -0.39 is 0 Å². The van der Waals surface area contributed by atoms with Crippen molar-refractivity contribution in [2.75, 3.05) is 0 Å². The van der Waals surface area contributed by atoms with Crippen LogP contribution in [0, 0.1) is 0 Å². The first-order valence-electron chi connectivity index (χ1n) is 5.94. The number of thiazole rings is 1. The molecule has 96 valence electrons. The van der Waals surface area contributed by atoms with Crippen LogP contribution < -0.4 is 5.73 Å². The fourth-order valence-electron chi connectivity index (χ4n) is 1.78. The molecule has 0 saturated carbocycles. The summed E-state index contributed by atoms with van der Waals surface area (Å²) in [5, 5.41) is 10.2. The highest BCUT2D eigenvalue weighted by Crippen LogP contribution is 2.16. The average molecular weight is 271 g/mol. The molecule has 0 fully saturated rings. The number of aromatic nitrogens is 4. The van der Waals surface area contributed by atoms with Gasteiger partial charge in [-0.2, -0.15) is 5.10 Å². The van der Waals surface area contributed by atoms with Crippen molar-refractivity contribution < 1.29 is 0 Å². The van der Waals surface area contributed by atoms with Gasteiger partial charge in [0.25, 0.3) is 0 Å². The number of rotatable bonds is 4. The Hall–Kier alpha value is -2.05. The van der Waals surface area contributed by atoms with E-state index in [0.717, 1.165) is 22.0 Å². The first-order chi connectivity index (χ1) is 9.35. The van der Waals surface area contributed by atoms with Crippen molar-refractivity contribution in [3.63, 3.8) is 0 Å². The van der Waals surface area contributed by atoms with Gasteiger partial charge in [0.05, 0.1) is 6.42 Å². The number of aromatic amines is 1. The molecule has 5 nitrogen and oxygen atoms in total. The van der Waals surface area contributed by atoms with Crippen molar-refractivity contribution in [3.05, 3.63) is 52.2 Å². The predicted molar refractivity (Wildman–Crippen MR) is 74.6 cm³/mol. The molecule has 0 spiro atoms. The second-order valence-electron chi connectivity index (χ2n) is 4.11. The van der Waals surface area contributed by atoms with Gasteiger partial charge in [0, 0.05) is 23.7 Å². The van der Waals surface area contributed by atoms with E-state index >= 15 is 0 Å². The molecule has 0 amide bonds. The molecule has 3 aromatic rings. The van der Waals surface area contributed by atoms with Crippen molar-refractivity contribution in [1.82, 2.24) is 20.2 Å². The minimum atomic E-state index is 0.545. The molecular weight excluding hydrogens is 258 g/mol. The largest absolute Gasteiger partial charge is 0.326 e. The number of nitrogens with zero attached hydrogens (tertiary/aromatic N) is 3. The van der Waals surface area contributed by atoms with E-state index in [-0.39, 0.29) is 0 Å². The number of nitrogens with one attached hydrogen (secondary N) is 1. The maximum absolute atomic E-state index is 5.58. The highest BCUT2D eigenvalue weighted by Gasteiger charge is 2.07. The van der Waals surface area contributed by atoms with Gasteiger partial charge < -0.3 is 5.73 Å². The Labute approximate surface area is 114 Å². The second kappa shape index (κ2) is 5.29. The van der Waals surface area contributed by atoms with Crippen LogP contribution >= 0.6 is 11.3 Å². The van der Waals surface area contributed by atoms with E-state index in [2.05, 4.69) is 20.2 Å². The van der Waals surface area contributed by atoms with E-state index in [1.54, 1.807) is 17.5 Å². The van der Waals surface area contributed by atoms with Gasteiger partial charge in [0.15, 0.2) is 5.82 Å². The minimum Gasteiger partial charge on any atom is -0.326 e. The number of hydrogen-bond donors (Lipinski definition) is 2. The molecule has 0 aliphatic carbocycles. The Morgan fingerprint density at radius 2 is 2.05 bits per heavy atom. The Morgan fingerprint density at radius 1 is 1.21 bits per heavy atom. The number of nitrogens with two attached hydrogens (primary N) is 1. The van der Waals surface area contributed by atoms with Crippen LogP contribution in [0.4, 0.5) is 0 Å².